The molecule has 1 aliphatic rings. The summed E-state index contributed by atoms with van der Waals surface area (Å²) < 4.78 is 12.6. The lowest BCUT2D eigenvalue weighted by Crippen LogP contribution is -2.36. The highest BCUT2D eigenvalue weighted by Crippen LogP contribution is 2.34. The van der Waals surface area contributed by atoms with Crippen molar-refractivity contribution in [2.75, 3.05) is 43.6 Å². The van der Waals surface area contributed by atoms with Gasteiger partial charge in [-0.2, -0.15) is 5.10 Å². The van der Waals surface area contributed by atoms with Crippen LogP contribution in [0.2, 0.25) is 0 Å². The number of hydrogen-bond acceptors (Lipinski definition) is 8. The van der Waals surface area contributed by atoms with E-state index in [1.165, 1.54) is 23.1 Å². The summed E-state index contributed by atoms with van der Waals surface area (Å²) in [6.07, 6.45) is 0. The van der Waals surface area contributed by atoms with Gasteiger partial charge >= 0.3 is 0 Å². The molecule has 0 atom stereocenters. The third kappa shape index (κ3) is 4.37. The number of amides is 1. The molecule has 1 fully saturated rings. The Kier molecular flexibility index (Phi) is 6.24. The summed E-state index contributed by atoms with van der Waals surface area (Å²) in [5, 5.41) is 8.15. The summed E-state index contributed by atoms with van der Waals surface area (Å²) in [5.74, 6) is 0.146. The topological polar surface area (TPSA) is 98.6 Å². The van der Waals surface area contributed by atoms with E-state index >= 15 is 0 Å². The number of fused-ring (bicyclic) bond motifs is 1. The van der Waals surface area contributed by atoms with Gasteiger partial charge in [-0.25, -0.2) is 9.67 Å². The number of para-hydroxylation sites is 2. The van der Waals surface area contributed by atoms with Crippen molar-refractivity contribution in [3.63, 3.8) is 0 Å². The number of methoxy groups -OCH3 is 1. The molecule has 2 aromatic heterocycles. The Hall–Kier alpha value is -3.76. The maximum atomic E-state index is 13.3. The van der Waals surface area contributed by atoms with Crippen molar-refractivity contribution in [3.8, 4) is 17.0 Å². The zero-order valence-corrected chi connectivity index (χ0v) is 19.4. The van der Waals surface area contributed by atoms with Crippen LogP contribution >= 0.6 is 11.3 Å². The average Bonchev–Trinajstić information content (AvgIpc) is 3.33. The number of thiazole rings is 1. The van der Waals surface area contributed by atoms with Crippen LogP contribution in [0.25, 0.3) is 21.5 Å². The zero-order valence-electron chi connectivity index (χ0n) is 18.6. The fraction of sp³-hybridized carbons (Fsp3) is 0.250. The SMILES string of the molecule is COc1ccccc1NC(=O)Cn1nc(-c2ccccc2)c2sc(N3CCOCC3)nc2c1=O. The Balaban J connectivity index is 1.54. The number of anilines is 2. The minimum atomic E-state index is -0.402. The Labute approximate surface area is 199 Å². The van der Waals surface area contributed by atoms with Gasteiger partial charge in [-0.15, -0.1) is 0 Å². The minimum Gasteiger partial charge on any atom is -0.495 e. The number of carbonyl (C=O) groups is 1. The Morgan fingerprint density at radius 2 is 1.85 bits per heavy atom. The minimum absolute atomic E-state index is 0.253. The van der Waals surface area contributed by atoms with Gasteiger partial charge in [0.1, 0.15) is 18.0 Å². The van der Waals surface area contributed by atoms with E-state index in [1.807, 2.05) is 36.4 Å². The first-order valence-electron chi connectivity index (χ1n) is 10.9. The van der Waals surface area contributed by atoms with Gasteiger partial charge in [0, 0.05) is 18.7 Å². The van der Waals surface area contributed by atoms with Gasteiger partial charge in [-0.3, -0.25) is 9.59 Å². The second-order valence-corrected chi connectivity index (χ2v) is 8.68. The molecule has 174 valence electrons. The van der Waals surface area contributed by atoms with Crippen LogP contribution < -0.4 is 20.5 Å². The predicted octanol–water partition coefficient (Wildman–Crippen LogP) is 3.00. The van der Waals surface area contributed by atoms with Gasteiger partial charge in [0.15, 0.2) is 10.6 Å². The van der Waals surface area contributed by atoms with Crippen molar-refractivity contribution < 1.29 is 14.3 Å². The second-order valence-electron chi connectivity index (χ2n) is 7.70. The molecular formula is C24H23N5O4S. The highest BCUT2D eigenvalue weighted by atomic mass is 32.1. The number of morpholine rings is 1. The summed E-state index contributed by atoms with van der Waals surface area (Å²) in [6.45, 7) is 2.41. The van der Waals surface area contributed by atoms with Crippen LogP contribution in [-0.4, -0.2) is 54.1 Å². The summed E-state index contributed by atoms with van der Waals surface area (Å²) in [4.78, 5) is 32.9. The predicted molar refractivity (Wildman–Crippen MR) is 132 cm³/mol. The third-order valence-corrected chi connectivity index (χ3v) is 6.61. The lowest BCUT2D eigenvalue weighted by Gasteiger charge is -2.25. The first-order chi connectivity index (χ1) is 16.6. The van der Waals surface area contributed by atoms with Gasteiger partial charge in [0.25, 0.3) is 5.56 Å². The van der Waals surface area contributed by atoms with Crippen LogP contribution in [0.5, 0.6) is 5.75 Å². The molecule has 0 spiro atoms. The number of ether oxygens (including phenoxy) is 2. The smallest absolute Gasteiger partial charge is 0.294 e. The molecule has 0 saturated carbocycles. The standard InChI is InChI=1S/C24H23N5O4S/c1-32-18-10-6-5-9-17(18)25-19(30)15-29-23(31)21-22(20(27-29)16-7-3-2-4-8-16)34-24(26-21)28-11-13-33-14-12-28/h2-10H,11-15H2,1H3,(H,25,30). The van der Waals surface area contributed by atoms with Crippen LogP contribution in [-0.2, 0) is 16.1 Å². The normalized spacial score (nSPS) is 13.7. The summed E-state index contributed by atoms with van der Waals surface area (Å²) >= 11 is 1.44. The average molecular weight is 478 g/mol. The van der Waals surface area contributed by atoms with E-state index in [2.05, 4.69) is 20.3 Å². The lowest BCUT2D eigenvalue weighted by molar-refractivity contribution is -0.117. The van der Waals surface area contributed by atoms with Crippen LogP contribution in [0.4, 0.5) is 10.8 Å². The van der Waals surface area contributed by atoms with Crippen LogP contribution in [0, 0.1) is 0 Å². The third-order valence-electron chi connectivity index (χ3n) is 5.49. The fourth-order valence-corrected chi connectivity index (χ4v) is 4.92. The largest absolute Gasteiger partial charge is 0.495 e. The first-order valence-corrected chi connectivity index (χ1v) is 11.7. The molecule has 1 saturated heterocycles. The molecule has 0 radical (unpaired) electrons. The number of hydrogen-bond donors (Lipinski definition) is 1. The number of benzene rings is 2. The number of aromatic nitrogens is 3. The van der Waals surface area contributed by atoms with Crippen LogP contribution in [0.3, 0.4) is 0 Å². The Morgan fingerprint density at radius 3 is 2.62 bits per heavy atom. The van der Waals surface area contributed by atoms with Crippen LogP contribution in [0.1, 0.15) is 0 Å². The first kappa shape index (κ1) is 22.1. The molecule has 1 aliphatic heterocycles. The van der Waals surface area contributed by atoms with E-state index in [0.29, 0.717) is 53.7 Å². The van der Waals surface area contributed by atoms with Gasteiger partial charge in [0.2, 0.25) is 5.91 Å². The number of nitrogens with one attached hydrogen (secondary N) is 1. The van der Waals surface area contributed by atoms with E-state index in [9.17, 15) is 9.59 Å². The highest BCUT2D eigenvalue weighted by Gasteiger charge is 2.22. The molecule has 3 heterocycles. The molecule has 10 heteroatoms. The molecule has 34 heavy (non-hydrogen) atoms. The Morgan fingerprint density at radius 1 is 1.12 bits per heavy atom. The molecule has 2 aromatic carbocycles. The highest BCUT2D eigenvalue weighted by molar-refractivity contribution is 7.22. The van der Waals surface area contributed by atoms with Crippen molar-refractivity contribution in [2.45, 2.75) is 6.54 Å². The molecule has 9 nitrogen and oxygen atoms in total. The van der Waals surface area contributed by atoms with E-state index in [1.54, 1.807) is 18.2 Å². The van der Waals surface area contributed by atoms with E-state index in [-0.39, 0.29) is 12.5 Å². The van der Waals surface area contributed by atoms with Gasteiger partial charge < -0.3 is 19.7 Å². The van der Waals surface area contributed by atoms with Crippen LogP contribution in [0.15, 0.2) is 59.4 Å². The van der Waals surface area contributed by atoms with Crippen molar-refractivity contribution in [2.24, 2.45) is 0 Å². The number of nitrogens with zero attached hydrogens (tertiary/aromatic N) is 4. The van der Waals surface area contributed by atoms with E-state index in [0.717, 1.165) is 10.7 Å². The quantitative estimate of drug-likeness (QED) is 0.456. The number of carbonyl (C=O) groups excluding carboxylic acids is 1. The molecule has 1 amide bonds. The molecule has 4 aromatic rings. The molecule has 0 aliphatic carbocycles. The fourth-order valence-electron chi connectivity index (χ4n) is 3.80. The summed E-state index contributed by atoms with van der Waals surface area (Å²) in [6, 6.07) is 16.7. The van der Waals surface area contributed by atoms with Crippen molar-refractivity contribution in [1.82, 2.24) is 14.8 Å². The van der Waals surface area contributed by atoms with Gasteiger partial charge in [-0.1, -0.05) is 53.8 Å². The van der Waals surface area contributed by atoms with E-state index in [4.69, 9.17) is 9.47 Å². The summed E-state index contributed by atoms with van der Waals surface area (Å²) in [5.41, 5.74) is 1.91. The van der Waals surface area contributed by atoms with E-state index < -0.39 is 5.56 Å². The monoisotopic (exact) mass is 477 g/mol. The van der Waals surface area contributed by atoms with Gasteiger partial charge in [0.05, 0.1) is 30.7 Å². The van der Waals surface area contributed by atoms with Crippen molar-refractivity contribution in [1.29, 1.82) is 0 Å². The Bertz CT molecular complexity index is 1380. The molecule has 1 N–H and O–H groups in total. The maximum Gasteiger partial charge on any atom is 0.294 e. The maximum absolute atomic E-state index is 13.3. The second kappa shape index (κ2) is 9.62. The summed E-state index contributed by atoms with van der Waals surface area (Å²) in [7, 11) is 1.53. The molecule has 0 unspecified atom stereocenters. The molecule has 5 rings (SSSR count). The lowest BCUT2D eigenvalue weighted by atomic mass is 10.1. The molecular weight excluding hydrogens is 454 g/mol. The number of rotatable bonds is 6. The van der Waals surface area contributed by atoms with Crippen molar-refractivity contribution in [3.05, 3.63) is 65.0 Å². The molecule has 0 bridgehead atoms. The van der Waals surface area contributed by atoms with Crippen molar-refractivity contribution >= 4 is 38.3 Å². The zero-order chi connectivity index (χ0) is 23.5. The van der Waals surface area contributed by atoms with Gasteiger partial charge in [-0.05, 0) is 12.1 Å².